The summed E-state index contributed by atoms with van der Waals surface area (Å²) in [4.78, 5) is 1.66. The molecule has 0 aromatic heterocycles. The summed E-state index contributed by atoms with van der Waals surface area (Å²) in [6.07, 6.45) is 8.63. The number of hydrogen-bond donors (Lipinski definition) is 0. The number of benzene rings is 1. The third-order valence-electron chi connectivity index (χ3n) is 5.53. The summed E-state index contributed by atoms with van der Waals surface area (Å²) in [5.41, 5.74) is 9.18. The normalized spacial score (nSPS) is 20.2. The van der Waals surface area contributed by atoms with Crippen molar-refractivity contribution in [2.45, 2.75) is 39.4 Å². The highest BCUT2D eigenvalue weighted by atomic mass is 32.3. The van der Waals surface area contributed by atoms with Crippen LogP contribution in [0.4, 0.5) is 0 Å². The van der Waals surface area contributed by atoms with E-state index in [-0.39, 0.29) is 0 Å². The second-order valence-corrected chi connectivity index (χ2v) is 10.7. The van der Waals surface area contributed by atoms with E-state index in [0.29, 0.717) is 5.25 Å². The molecule has 1 heteroatoms. The van der Waals surface area contributed by atoms with Gasteiger partial charge in [-0.2, -0.15) is 0 Å². The zero-order valence-corrected chi connectivity index (χ0v) is 14.9. The van der Waals surface area contributed by atoms with Crippen molar-refractivity contribution < 1.29 is 0 Å². The van der Waals surface area contributed by atoms with Gasteiger partial charge in [0, 0.05) is 11.7 Å². The molecule has 0 amide bonds. The first-order chi connectivity index (χ1) is 9.84. The number of allylic oxidation sites excluding steroid dienone is 3. The standard InChI is InChI=1S/C20H26S/c1-13-14(2)16(4)20(15(13)3)21(5,6)19-11-17-9-7-8-10-18(17)12-19/h7-11,20H,12H2,1-6H3. The van der Waals surface area contributed by atoms with Crippen LogP contribution < -0.4 is 0 Å². The molecule has 0 N–H and O–H groups in total. The Bertz CT molecular complexity index is 674. The van der Waals surface area contributed by atoms with E-state index in [1.54, 1.807) is 16.1 Å². The van der Waals surface area contributed by atoms with Gasteiger partial charge in [0.25, 0.3) is 0 Å². The number of hydrogen-bond acceptors (Lipinski definition) is 0. The fourth-order valence-corrected chi connectivity index (χ4v) is 7.31. The van der Waals surface area contributed by atoms with Crippen LogP contribution in [0.1, 0.15) is 38.8 Å². The molecular formula is C20H26S. The zero-order chi connectivity index (χ0) is 15.4. The Morgan fingerprint density at radius 3 is 2.05 bits per heavy atom. The maximum atomic E-state index is 2.51. The molecule has 0 spiro atoms. The van der Waals surface area contributed by atoms with Gasteiger partial charge in [-0.1, -0.05) is 35.4 Å². The summed E-state index contributed by atoms with van der Waals surface area (Å²) in [6, 6.07) is 8.86. The van der Waals surface area contributed by atoms with Gasteiger partial charge in [-0.3, -0.25) is 0 Å². The lowest BCUT2D eigenvalue weighted by Gasteiger charge is -2.41. The summed E-state index contributed by atoms with van der Waals surface area (Å²) in [5.74, 6) is 0. The Morgan fingerprint density at radius 1 is 0.905 bits per heavy atom. The van der Waals surface area contributed by atoms with Gasteiger partial charge < -0.3 is 0 Å². The van der Waals surface area contributed by atoms with Crippen molar-refractivity contribution in [1.82, 2.24) is 0 Å². The third-order valence-corrected chi connectivity index (χ3v) is 9.03. The maximum Gasteiger partial charge on any atom is 0.0346 e. The minimum absolute atomic E-state index is 0.637. The predicted octanol–water partition coefficient (Wildman–Crippen LogP) is 5.70. The fraction of sp³-hybridized carbons (Fsp3) is 0.400. The molecule has 3 rings (SSSR count). The highest BCUT2D eigenvalue weighted by Gasteiger charge is 2.37. The maximum absolute atomic E-state index is 2.51. The first-order valence-corrected chi connectivity index (χ1v) is 10.2. The minimum Gasteiger partial charge on any atom is -0.213 e. The Morgan fingerprint density at radius 2 is 1.48 bits per heavy atom. The van der Waals surface area contributed by atoms with Crippen LogP contribution >= 0.6 is 10.0 Å². The van der Waals surface area contributed by atoms with E-state index in [2.05, 4.69) is 70.5 Å². The van der Waals surface area contributed by atoms with Crippen molar-refractivity contribution in [2.75, 3.05) is 12.5 Å². The molecule has 0 saturated heterocycles. The number of fused-ring (bicyclic) bond motifs is 1. The van der Waals surface area contributed by atoms with E-state index >= 15 is 0 Å². The van der Waals surface area contributed by atoms with Crippen LogP contribution in [0, 0.1) is 0 Å². The lowest BCUT2D eigenvalue weighted by molar-refractivity contribution is 1.13. The average molecular weight is 298 g/mol. The molecular weight excluding hydrogens is 272 g/mol. The van der Waals surface area contributed by atoms with E-state index in [0.717, 1.165) is 6.42 Å². The molecule has 0 nitrogen and oxygen atoms in total. The van der Waals surface area contributed by atoms with Gasteiger partial charge >= 0.3 is 0 Å². The molecule has 0 unspecified atom stereocenters. The van der Waals surface area contributed by atoms with Crippen molar-refractivity contribution >= 4 is 16.1 Å². The third kappa shape index (κ3) is 2.14. The van der Waals surface area contributed by atoms with Crippen LogP contribution in [0.3, 0.4) is 0 Å². The Labute approximate surface area is 131 Å². The summed E-state index contributed by atoms with van der Waals surface area (Å²) in [5, 5.41) is 0.637. The lowest BCUT2D eigenvalue weighted by Crippen LogP contribution is -2.19. The second kappa shape index (κ2) is 4.91. The second-order valence-electron chi connectivity index (χ2n) is 6.89. The average Bonchev–Trinajstić information content (AvgIpc) is 2.96. The van der Waals surface area contributed by atoms with Crippen molar-refractivity contribution in [1.29, 1.82) is 0 Å². The molecule has 0 heterocycles. The molecule has 0 atom stereocenters. The molecule has 0 bridgehead atoms. The number of rotatable bonds is 2. The van der Waals surface area contributed by atoms with Crippen LogP contribution in [0.15, 0.2) is 51.5 Å². The van der Waals surface area contributed by atoms with Crippen molar-refractivity contribution in [3.05, 3.63) is 62.6 Å². The van der Waals surface area contributed by atoms with Crippen LogP contribution in [-0.4, -0.2) is 17.8 Å². The molecule has 0 saturated carbocycles. The van der Waals surface area contributed by atoms with Crippen molar-refractivity contribution in [2.24, 2.45) is 0 Å². The van der Waals surface area contributed by atoms with Gasteiger partial charge in [0.15, 0.2) is 0 Å². The van der Waals surface area contributed by atoms with Crippen LogP contribution in [0.5, 0.6) is 0 Å². The highest BCUT2D eigenvalue weighted by molar-refractivity contribution is 8.36. The van der Waals surface area contributed by atoms with Gasteiger partial charge in [-0.15, -0.1) is 0 Å². The Kier molecular flexibility index (Phi) is 3.44. The van der Waals surface area contributed by atoms with Gasteiger partial charge in [-0.25, -0.2) is 10.0 Å². The summed E-state index contributed by atoms with van der Waals surface area (Å²) in [6.45, 7) is 9.28. The lowest BCUT2D eigenvalue weighted by atomic mass is 10.1. The van der Waals surface area contributed by atoms with Gasteiger partial charge in [0.05, 0.1) is 0 Å². The summed E-state index contributed by atoms with van der Waals surface area (Å²) < 4.78 is 0. The zero-order valence-electron chi connectivity index (χ0n) is 14.1. The highest BCUT2D eigenvalue weighted by Crippen LogP contribution is 2.62. The molecule has 1 aromatic rings. The molecule has 0 fully saturated rings. The SMILES string of the molecule is CC1=C(C)C(S(C)(C)C2=Cc3ccccc3C2)C(C)=C1C. The van der Waals surface area contributed by atoms with Crippen molar-refractivity contribution in [3.8, 4) is 0 Å². The van der Waals surface area contributed by atoms with Crippen LogP contribution in [0.25, 0.3) is 6.08 Å². The first-order valence-electron chi connectivity index (χ1n) is 7.70. The molecule has 21 heavy (non-hydrogen) atoms. The summed E-state index contributed by atoms with van der Waals surface area (Å²) in [7, 11) is -0.825. The van der Waals surface area contributed by atoms with E-state index in [1.807, 2.05) is 0 Å². The quantitative estimate of drug-likeness (QED) is 0.656. The van der Waals surface area contributed by atoms with Crippen molar-refractivity contribution in [3.63, 3.8) is 0 Å². The Hall–Kier alpha value is -1.21. The van der Waals surface area contributed by atoms with Gasteiger partial charge in [0.2, 0.25) is 0 Å². The van der Waals surface area contributed by atoms with E-state index in [9.17, 15) is 0 Å². The largest absolute Gasteiger partial charge is 0.213 e. The van der Waals surface area contributed by atoms with E-state index in [1.165, 1.54) is 22.3 Å². The van der Waals surface area contributed by atoms with E-state index in [4.69, 9.17) is 0 Å². The van der Waals surface area contributed by atoms with Crippen LogP contribution in [-0.2, 0) is 6.42 Å². The first kappa shape index (κ1) is 14.7. The molecule has 0 aliphatic heterocycles. The molecule has 112 valence electrons. The molecule has 2 aliphatic carbocycles. The minimum atomic E-state index is -0.825. The molecule has 1 aromatic carbocycles. The summed E-state index contributed by atoms with van der Waals surface area (Å²) >= 11 is 0. The smallest absolute Gasteiger partial charge is 0.0346 e. The monoisotopic (exact) mass is 298 g/mol. The molecule has 0 radical (unpaired) electrons. The molecule has 2 aliphatic rings. The fourth-order valence-electron chi connectivity index (χ4n) is 3.93. The van der Waals surface area contributed by atoms with Gasteiger partial charge in [-0.05, 0) is 73.5 Å². The van der Waals surface area contributed by atoms with E-state index < -0.39 is 10.0 Å². The topological polar surface area (TPSA) is 0 Å². The van der Waals surface area contributed by atoms with Gasteiger partial charge in [0.1, 0.15) is 0 Å². The predicted molar refractivity (Wildman–Crippen MR) is 98.1 cm³/mol. The Balaban J connectivity index is 2.01. The van der Waals surface area contributed by atoms with Crippen LogP contribution in [0.2, 0.25) is 0 Å².